The van der Waals surface area contributed by atoms with Crippen molar-refractivity contribution in [3.8, 4) is 11.1 Å². The summed E-state index contributed by atoms with van der Waals surface area (Å²) in [5.41, 5.74) is 21.9. The van der Waals surface area contributed by atoms with E-state index in [1.54, 1.807) is 0 Å². The van der Waals surface area contributed by atoms with Crippen molar-refractivity contribution in [1.29, 1.82) is 0 Å². The van der Waals surface area contributed by atoms with Crippen molar-refractivity contribution in [3.63, 3.8) is 0 Å². The summed E-state index contributed by atoms with van der Waals surface area (Å²) in [6.07, 6.45) is 29.4. The number of fused-ring (bicyclic) bond motifs is 1. The van der Waals surface area contributed by atoms with Crippen LogP contribution < -0.4 is 19.6 Å². The van der Waals surface area contributed by atoms with Gasteiger partial charge in [-0.3, -0.25) is 0 Å². The predicted molar refractivity (Wildman–Crippen MR) is 353 cm³/mol. The van der Waals surface area contributed by atoms with Gasteiger partial charge in [-0.05, 0) is 217 Å². The molecule has 0 bridgehead atoms. The van der Waals surface area contributed by atoms with Crippen molar-refractivity contribution in [2.75, 3.05) is 19.6 Å². The molecule has 0 aromatic heterocycles. The summed E-state index contributed by atoms with van der Waals surface area (Å²) in [7, 11) is 0. The number of hydrogen-bond acceptors (Lipinski definition) is 4. The van der Waals surface area contributed by atoms with Gasteiger partial charge in [-0.15, -0.1) is 0 Å². The first-order valence-electron chi connectivity index (χ1n) is 28.8. The minimum Gasteiger partial charge on any atom is -0.334 e. The maximum Gasteiger partial charge on any atom is 0.0628 e. The molecule has 0 saturated carbocycles. The zero-order valence-corrected chi connectivity index (χ0v) is 47.0. The minimum atomic E-state index is 0.181. The molecule has 0 amide bonds. The SMILES string of the molecule is C=C/C(=C\C)c1cccc(N(c2ccc(-c3ccc(N(c4ccc(N(c5ccccc5)c5cccc6ccccc56)cc4)c4cccc(C5=CC=CCC5)c4)cc3)cc2)c2ccc(N(/C(C=C)=C/C)C3CC=CC4=C3C=CCC4)cc2)c1. The highest BCUT2D eigenvalue weighted by molar-refractivity contribution is 5.99. The quantitative estimate of drug-likeness (QED) is 0.0843. The number of anilines is 10. The fourth-order valence-electron chi connectivity index (χ4n) is 12.1. The number of para-hydroxylation sites is 1. The molecule has 0 heterocycles. The Morgan fingerprint density at radius 1 is 0.451 bits per heavy atom. The lowest BCUT2D eigenvalue weighted by molar-refractivity contribution is 0.713. The van der Waals surface area contributed by atoms with Crippen LogP contribution >= 0.6 is 0 Å². The highest BCUT2D eigenvalue weighted by Crippen LogP contribution is 2.44. The van der Waals surface area contributed by atoms with Crippen LogP contribution in [0.4, 0.5) is 56.9 Å². The number of nitrogens with zero attached hydrogens (tertiary/aromatic N) is 4. The molecule has 400 valence electrons. The van der Waals surface area contributed by atoms with E-state index in [9.17, 15) is 0 Å². The molecule has 1 unspecified atom stereocenters. The van der Waals surface area contributed by atoms with Gasteiger partial charge in [-0.25, -0.2) is 0 Å². The largest absolute Gasteiger partial charge is 0.334 e. The Labute approximate surface area is 485 Å². The Morgan fingerprint density at radius 3 is 1.65 bits per heavy atom. The lowest BCUT2D eigenvalue weighted by Gasteiger charge is -2.38. The van der Waals surface area contributed by atoms with Crippen molar-refractivity contribution in [2.24, 2.45) is 0 Å². The molecule has 82 heavy (non-hydrogen) atoms. The lowest BCUT2D eigenvalue weighted by Crippen LogP contribution is -2.37. The van der Waals surface area contributed by atoms with E-state index in [1.807, 2.05) is 12.2 Å². The number of hydrogen-bond donors (Lipinski definition) is 0. The molecule has 4 nitrogen and oxygen atoms in total. The van der Waals surface area contributed by atoms with E-state index in [2.05, 4.69) is 320 Å². The molecule has 0 saturated heterocycles. The summed E-state index contributed by atoms with van der Waals surface area (Å²) < 4.78 is 0. The summed E-state index contributed by atoms with van der Waals surface area (Å²) in [6, 6.07) is 79.9. The molecular weight excluding hydrogens is 993 g/mol. The van der Waals surface area contributed by atoms with Crippen molar-refractivity contribution in [2.45, 2.75) is 52.0 Å². The van der Waals surface area contributed by atoms with Crippen LogP contribution in [0.2, 0.25) is 0 Å². The predicted octanol–water partition coefficient (Wildman–Crippen LogP) is 22.1. The average Bonchev–Trinajstić information content (AvgIpc) is 3.74. The molecule has 12 rings (SSSR count). The Bertz CT molecular complexity index is 3990. The van der Waals surface area contributed by atoms with Crippen LogP contribution in [0.3, 0.4) is 0 Å². The van der Waals surface area contributed by atoms with Crippen LogP contribution in [0.5, 0.6) is 0 Å². The van der Waals surface area contributed by atoms with Gasteiger partial charge in [-0.2, -0.15) is 0 Å². The zero-order valence-electron chi connectivity index (χ0n) is 47.0. The van der Waals surface area contributed by atoms with E-state index in [1.165, 1.54) is 33.1 Å². The Morgan fingerprint density at radius 2 is 1.01 bits per heavy atom. The number of rotatable bonds is 17. The highest BCUT2D eigenvalue weighted by atomic mass is 15.2. The Hall–Kier alpha value is -9.90. The molecule has 3 aliphatic rings. The lowest BCUT2D eigenvalue weighted by atomic mass is 9.85. The standard InChI is InChI=1S/C78H68N4/c1-5-57(6-2)63-29-19-33-73(55-63)79(69-47-51-71(52-48-69)81(65(7-3)8-4)77-37-21-27-61-25-15-17-35-75(61)77)67-43-39-59(40-44-67)60-41-45-68(46-42-60)80(74-34-20-30-64(56-74)58-23-11-9-12-24-58)70-49-53-72(54-50-70)82(66-31-13-10-14-32-66)78-38-22-28-62-26-16-18-36-76(62)78/h5-11,13-14,16-23,26-36,38-56,77H,1,3,12,15,24-25,37H2,2,4H3/b57-6+,65-8+. The van der Waals surface area contributed by atoms with Gasteiger partial charge in [0.05, 0.1) is 11.7 Å². The van der Waals surface area contributed by atoms with Gasteiger partial charge in [0.1, 0.15) is 0 Å². The fourth-order valence-corrected chi connectivity index (χ4v) is 12.1. The van der Waals surface area contributed by atoms with E-state index < -0.39 is 0 Å². The van der Waals surface area contributed by atoms with E-state index in [0.29, 0.717) is 0 Å². The molecule has 0 aliphatic heterocycles. The topological polar surface area (TPSA) is 13.0 Å². The molecule has 9 aromatic carbocycles. The summed E-state index contributed by atoms with van der Waals surface area (Å²) in [4.78, 5) is 9.57. The summed E-state index contributed by atoms with van der Waals surface area (Å²) >= 11 is 0. The fraction of sp³-hybridized carbons (Fsp3) is 0.103. The maximum atomic E-state index is 4.26. The average molecular weight is 1060 g/mol. The summed E-state index contributed by atoms with van der Waals surface area (Å²) in [5.74, 6) is 0. The van der Waals surface area contributed by atoms with Crippen LogP contribution in [-0.2, 0) is 0 Å². The van der Waals surface area contributed by atoms with Gasteiger partial charge < -0.3 is 19.6 Å². The van der Waals surface area contributed by atoms with Gasteiger partial charge >= 0.3 is 0 Å². The number of benzene rings is 9. The van der Waals surface area contributed by atoms with E-state index >= 15 is 0 Å². The van der Waals surface area contributed by atoms with Crippen molar-refractivity contribution in [3.05, 3.63) is 326 Å². The maximum absolute atomic E-state index is 4.26. The van der Waals surface area contributed by atoms with Crippen LogP contribution in [-0.4, -0.2) is 6.04 Å². The Kier molecular flexibility index (Phi) is 15.6. The second-order valence-corrected chi connectivity index (χ2v) is 21.0. The summed E-state index contributed by atoms with van der Waals surface area (Å²) in [6.45, 7) is 12.6. The molecule has 0 fully saturated rings. The monoisotopic (exact) mass is 1060 g/mol. The van der Waals surface area contributed by atoms with Crippen molar-refractivity contribution >= 4 is 78.8 Å². The van der Waals surface area contributed by atoms with Gasteiger partial charge in [-0.1, -0.05) is 177 Å². The van der Waals surface area contributed by atoms with Crippen molar-refractivity contribution < 1.29 is 0 Å². The molecular formula is C78H68N4. The first kappa shape index (κ1) is 52.8. The van der Waals surface area contributed by atoms with E-state index in [4.69, 9.17) is 0 Å². The molecule has 4 heteroatoms. The third-order valence-electron chi connectivity index (χ3n) is 16.2. The first-order chi connectivity index (χ1) is 40.5. The molecule has 1 atom stereocenters. The van der Waals surface area contributed by atoms with Crippen molar-refractivity contribution in [1.82, 2.24) is 0 Å². The smallest absolute Gasteiger partial charge is 0.0628 e. The number of allylic oxidation sites excluding steroid dienone is 12. The highest BCUT2D eigenvalue weighted by Gasteiger charge is 2.28. The summed E-state index contributed by atoms with van der Waals surface area (Å²) in [5, 5.41) is 2.41. The first-order valence-corrected chi connectivity index (χ1v) is 28.8. The van der Waals surface area contributed by atoms with Gasteiger partial charge in [0.2, 0.25) is 0 Å². The second-order valence-electron chi connectivity index (χ2n) is 21.0. The van der Waals surface area contributed by atoms with Crippen LogP contribution in [0, 0.1) is 0 Å². The molecule has 0 N–H and O–H groups in total. The normalized spacial score (nSPS) is 15.0. The molecule has 0 radical (unpaired) electrons. The molecule has 9 aromatic rings. The third-order valence-corrected chi connectivity index (χ3v) is 16.2. The molecule has 0 spiro atoms. The Balaban J connectivity index is 0.887. The van der Waals surface area contributed by atoms with Crippen LogP contribution in [0.25, 0.3) is 33.0 Å². The van der Waals surface area contributed by atoms with E-state index in [-0.39, 0.29) is 6.04 Å². The second kappa shape index (κ2) is 24.2. The van der Waals surface area contributed by atoms with E-state index in [0.717, 1.165) is 117 Å². The van der Waals surface area contributed by atoms with Crippen LogP contribution in [0.1, 0.15) is 57.1 Å². The van der Waals surface area contributed by atoms with Gasteiger partial charge in [0.15, 0.2) is 0 Å². The van der Waals surface area contributed by atoms with Gasteiger partial charge in [0.25, 0.3) is 0 Å². The molecule has 3 aliphatic carbocycles. The zero-order chi connectivity index (χ0) is 55.8. The van der Waals surface area contributed by atoms with Gasteiger partial charge in [0, 0.05) is 62.3 Å². The van der Waals surface area contributed by atoms with Crippen LogP contribution in [0.15, 0.2) is 315 Å². The minimum absolute atomic E-state index is 0.181. The third kappa shape index (κ3) is 10.8.